The molecule has 3 aliphatic rings. The molecule has 4 nitrogen and oxygen atoms in total. The molecule has 2 saturated carbocycles. The molecule has 2 aromatic heterocycles. The van der Waals surface area contributed by atoms with Crippen molar-refractivity contribution >= 4 is 27.4 Å². The van der Waals surface area contributed by atoms with Gasteiger partial charge in [-0.15, -0.1) is 11.3 Å². The van der Waals surface area contributed by atoms with Crippen molar-refractivity contribution < 1.29 is 4.74 Å². The zero-order valence-corrected chi connectivity index (χ0v) is 14.6. The zero-order chi connectivity index (χ0) is 15.6. The second-order valence-electron chi connectivity index (χ2n) is 7.49. The summed E-state index contributed by atoms with van der Waals surface area (Å²) in [5, 5.41) is 7.20. The lowest BCUT2D eigenvalue weighted by atomic mass is 9.53. The largest absolute Gasteiger partial charge is 0.374 e. The highest BCUT2D eigenvalue weighted by atomic mass is 32.1. The van der Waals surface area contributed by atoms with Crippen molar-refractivity contribution in [1.82, 2.24) is 9.97 Å². The standard InChI is InChI=1S/C18H23N3OS/c1-10-9-23-17-15(10)16(19-11(2)20-17)21-14-4-3-6-18-12(5-7-22-18)8-13(14)18/h9,12-14H,3-8H2,1-2H3,(H,19,20,21). The van der Waals surface area contributed by atoms with E-state index < -0.39 is 0 Å². The van der Waals surface area contributed by atoms with E-state index in [0.717, 1.165) is 29.0 Å². The highest BCUT2D eigenvalue weighted by Crippen LogP contribution is 2.59. The molecule has 3 heterocycles. The number of nitrogens with zero attached hydrogens (tertiary/aromatic N) is 2. The molecular formula is C18H23N3OS. The summed E-state index contributed by atoms with van der Waals surface area (Å²) in [7, 11) is 0. The van der Waals surface area contributed by atoms with Gasteiger partial charge in [0.2, 0.25) is 0 Å². The van der Waals surface area contributed by atoms with Gasteiger partial charge in [-0.3, -0.25) is 0 Å². The van der Waals surface area contributed by atoms with Gasteiger partial charge in [0.15, 0.2) is 0 Å². The number of nitrogens with one attached hydrogen (secondary N) is 1. The first kappa shape index (κ1) is 14.2. The van der Waals surface area contributed by atoms with Crippen LogP contribution in [-0.4, -0.2) is 28.2 Å². The van der Waals surface area contributed by atoms with Gasteiger partial charge in [-0.1, -0.05) is 0 Å². The van der Waals surface area contributed by atoms with Crippen LogP contribution in [0.15, 0.2) is 5.38 Å². The topological polar surface area (TPSA) is 47.0 Å². The fraction of sp³-hybridized carbons (Fsp3) is 0.667. The Balaban J connectivity index is 1.49. The normalized spacial score (nSPS) is 35.7. The lowest BCUT2D eigenvalue weighted by Gasteiger charge is -2.57. The van der Waals surface area contributed by atoms with E-state index in [4.69, 9.17) is 9.72 Å². The van der Waals surface area contributed by atoms with Crippen molar-refractivity contribution in [3.05, 3.63) is 16.8 Å². The van der Waals surface area contributed by atoms with Gasteiger partial charge < -0.3 is 10.1 Å². The quantitative estimate of drug-likeness (QED) is 0.902. The molecular weight excluding hydrogens is 306 g/mol. The lowest BCUT2D eigenvalue weighted by Crippen LogP contribution is -2.61. The van der Waals surface area contributed by atoms with Crippen LogP contribution in [-0.2, 0) is 4.74 Å². The molecule has 122 valence electrons. The predicted octanol–water partition coefficient (Wildman–Crippen LogP) is 4.07. The average Bonchev–Trinajstić information content (AvgIpc) is 2.99. The van der Waals surface area contributed by atoms with Gasteiger partial charge in [0.05, 0.1) is 11.0 Å². The third-order valence-corrected chi connectivity index (χ3v) is 7.30. The molecule has 4 atom stereocenters. The Morgan fingerprint density at radius 3 is 3.09 bits per heavy atom. The van der Waals surface area contributed by atoms with Crippen molar-refractivity contribution in [2.24, 2.45) is 11.8 Å². The van der Waals surface area contributed by atoms with Crippen LogP contribution in [0.3, 0.4) is 0 Å². The summed E-state index contributed by atoms with van der Waals surface area (Å²) in [6.07, 6.45) is 6.35. The van der Waals surface area contributed by atoms with Gasteiger partial charge in [-0.2, -0.15) is 0 Å². The fourth-order valence-corrected chi connectivity index (χ4v) is 6.20. The molecule has 0 amide bonds. The molecule has 1 aliphatic heterocycles. The third kappa shape index (κ3) is 1.92. The number of hydrogen-bond donors (Lipinski definition) is 1. The van der Waals surface area contributed by atoms with E-state index in [1.165, 1.54) is 43.1 Å². The second kappa shape index (κ2) is 4.90. The summed E-state index contributed by atoms with van der Waals surface area (Å²) < 4.78 is 6.26. The third-order valence-electron chi connectivity index (χ3n) is 6.31. The smallest absolute Gasteiger partial charge is 0.139 e. The van der Waals surface area contributed by atoms with E-state index in [1.54, 1.807) is 11.3 Å². The van der Waals surface area contributed by atoms with Gasteiger partial charge in [-0.25, -0.2) is 9.97 Å². The van der Waals surface area contributed by atoms with Gasteiger partial charge in [-0.05, 0) is 62.8 Å². The Labute approximate surface area is 140 Å². The minimum atomic E-state index is 0.195. The van der Waals surface area contributed by atoms with Crippen molar-refractivity contribution in [3.8, 4) is 0 Å². The van der Waals surface area contributed by atoms with E-state index in [9.17, 15) is 0 Å². The molecule has 1 spiro atoms. The van der Waals surface area contributed by atoms with Crippen LogP contribution in [0.1, 0.15) is 43.5 Å². The number of hydrogen-bond acceptors (Lipinski definition) is 5. The predicted molar refractivity (Wildman–Crippen MR) is 93.0 cm³/mol. The van der Waals surface area contributed by atoms with Crippen LogP contribution in [0.4, 0.5) is 5.82 Å². The Morgan fingerprint density at radius 1 is 1.30 bits per heavy atom. The van der Waals surface area contributed by atoms with E-state index in [0.29, 0.717) is 12.0 Å². The van der Waals surface area contributed by atoms with Crippen LogP contribution in [0.2, 0.25) is 0 Å². The maximum atomic E-state index is 6.26. The van der Waals surface area contributed by atoms with E-state index >= 15 is 0 Å². The molecule has 0 radical (unpaired) electrons. The zero-order valence-electron chi connectivity index (χ0n) is 13.8. The molecule has 0 aromatic carbocycles. The summed E-state index contributed by atoms with van der Waals surface area (Å²) in [6, 6.07) is 0.495. The number of thiophene rings is 1. The summed E-state index contributed by atoms with van der Waals surface area (Å²) in [4.78, 5) is 10.4. The monoisotopic (exact) mass is 329 g/mol. The van der Waals surface area contributed by atoms with E-state index in [1.807, 2.05) is 6.92 Å². The number of fused-ring (bicyclic) bond motifs is 1. The Morgan fingerprint density at radius 2 is 2.22 bits per heavy atom. The summed E-state index contributed by atoms with van der Waals surface area (Å²) in [6.45, 7) is 5.11. The maximum Gasteiger partial charge on any atom is 0.139 e. The van der Waals surface area contributed by atoms with Gasteiger partial charge in [0, 0.05) is 18.6 Å². The maximum absolute atomic E-state index is 6.26. The Bertz CT molecular complexity index is 773. The van der Waals surface area contributed by atoms with Crippen molar-refractivity contribution in [1.29, 1.82) is 0 Å². The van der Waals surface area contributed by atoms with Crippen molar-refractivity contribution in [2.75, 3.05) is 11.9 Å². The molecule has 2 aliphatic carbocycles. The van der Waals surface area contributed by atoms with Gasteiger partial charge >= 0.3 is 0 Å². The van der Waals surface area contributed by atoms with E-state index in [2.05, 4.69) is 22.6 Å². The number of rotatable bonds is 2. The Kier molecular flexibility index (Phi) is 3.02. The van der Waals surface area contributed by atoms with Crippen LogP contribution in [0, 0.1) is 25.7 Å². The minimum Gasteiger partial charge on any atom is -0.374 e. The first-order valence-electron chi connectivity index (χ1n) is 8.80. The summed E-state index contributed by atoms with van der Waals surface area (Å²) in [5.41, 5.74) is 1.47. The highest BCUT2D eigenvalue weighted by Gasteiger charge is 2.62. The SMILES string of the molecule is Cc1nc(NC2CCCC34OCCC3CC24)c2c(C)csc2n1. The van der Waals surface area contributed by atoms with Crippen LogP contribution >= 0.6 is 11.3 Å². The van der Waals surface area contributed by atoms with Crippen molar-refractivity contribution in [2.45, 2.75) is 57.6 Å². The number of aryl methyl sites for hydroxylation is 2. The second-order valence-corrected chi connectivity index (χ2v) is 8.35. The molecule has 23 heavy (non-hydrogen) atoms. The molecule has 4 unspecified atom stereocenters. The van der Waals surface area contributed by atoms with Gasteiger partial charge in [0.1, 0.15) is 16.5 Å². The molecule has 0 bridgehead atoms. The molecule has 1 saturated heterocycles. The molecule has 3 fully saturated rings. The van der Waals surface area contributed by atoms with Crippen molar-refractivity contribution in [3.63, 3.8) is 0 Å². The van der Waals surface area contributed by atoms with Crippen LogP contribution < -0.4 is 5.32 Å². The molecule has 5 heteroatoms. The van der Waals surface area contributed by atoms with Gasteiger partial charge in [0.25, 0.3) is 0 Å². The fourth-order valence-electron chi connectivity index (χ4n) is 5.24. The van der Waals surface area contributed by atoms with E-state index in [-0.39, 0.29) is 5.60 Å². The summed E-state index contributed by atoms with van der Waals surface area (Å²) in [5.74, 6) is 3.37. The first-order chi connectivity index (χ1) is 11.2. The minimum absolute atomic E-state index is 0.195. The average molecular weight is 329 g/mol. The Hall–Kier alpha value is -1.20. The van der Waals surface area contributed by atoms with Crippen LogP contribution in [0.5, 0.6) is 0 Å². The number of ether oxygens (including phenoxy) is 1. The molecule has 5 rings (SSSR count). The molecule has 1 N–H and O–H groups in total. The van der Waals surface area contributed by atoms with Crippen LogP contribution in [0.25, 0.3) is 10.2 Å². The molecule has 2 aromatic rings. The highest BCUT2D eigenvalue weighted by molar-refractivity contribution is 7.17. The first-order valence-corrected chi connectivity index (χ1v) is 9.68. The number of aromatic nitrogens is 2. The number of anilines is 1. The lowest BCUT2D eigenvalue weighted by molar-refractivity contribution is -0.160. The summed E-state index contributed by atoms with van der Waals surface area (Å²) >= 11 is 1.72.